The molecule has 3 amide bonds. The van der Waals surface area contributed by atoms with Gasteiger partial charge in [0.15, 0.2) is 5.13 Å². The Balaban J connectivity index is 1.21. The fourth-order valence-corrected chi connectivity index (χ4v) is 4.55. The third-order valence-electron chi connectivity index (χ3n) is 4.93. The van der Waals surface area contributed by atoms with Gasteiger partial charge in [-0.3, -0.25) is 4.79 Å². The summed E-state index contributed by atoms with van der Waals surface area (Å²) >= 11 is 1.54. The summed E-state index contributed by atoms with van der Waals surface area (Å²) in [6.07, 6.45) is 3.19. The van der Waals surface area contributed by atoms with E-state index in [1.165, 1.54) is 21.9 Å². The molecule has 2 aromatic rings. The molecule has 2 N–H and O–H groups in total. The van der Waals surface area contributed by atoms with Crippen LogP contribution in [0.5, 0.6) is 0 Å². The molecule has 1 saturated heterocycles. The van der Waals surface area contributed by atoms with E-state index in [-0.39, 0.29) is 18.5 Å². The molecule has 0 radical (unpaired) electrons. The highest BCUT2D eigenvalue weighted by atomic mass is 32.1. The van der Waals surface area contributed by atoms with Gasteiger partial charge >= 0.3 is 6.03 Å². The van der Waals surface area contributed by atoms with Crippen molar-refractivity contribution in [2.45, 2.75) is 19.3 Å². The van der Waals surface area contributed by atoms with Crippen LogP contribution in [0.1, 0.15) is 17.0 Å². The van der Waals surface area contributed by atoms with E-state index >= 15 is 0 Å². The second kappa shape index (κ2) is 7.96. The van der Waals surface area contributed by atoms with Gasteiger partial charge in [0, 0.05) is 36.7 Å². The molecular formula is C19H23N5O2S. The number of aromatic nitrogens is 1. The maximum absolute atomic E-state index is 12.3. The molecule has 4 rings (SSSR count). The maximum Gasteiger partial charge on any atom is 0.317 e. The first kappa shape index (κ1) is 17.8. The van der Waals surface area contributed by atoms with Gasteiger partial charge in [-0.05, 0) is 31.4 Å². The number of nitrogens with zero attached hydrogens (tertiary/aromatic N) is 3. The summed E-state index contributed by atoms with van der Waals surface area (Å²) in [7, 11) is 0. The predicted molar refractivity (Wildman–Crippen MR) is 106 cm³/mol. The molecule has 0 spiro atoms. The second-order valence-electron chi connectivity index (χ2n) is 6.76. The number of nitrogens with one attached hydrogen (secondary N) is 2. The third kappa shape index (κ3) is 4.21. The lowest BCUT2D eigenvalue weighted by molar-refractivity contribution is -0.115. The molecule has 2 heterocycles. The number of carbonyl (C=O) groups excluding carboxylic acids is 2. The number of piperazine rings is 1. The van der Waals surface area contributed by atoms with E-state index in [1.54, 1.807) is 4.90 Å². The van der Waals surface area contributed by atoms with E-state index in [1.807, 2.05) is 18.2 Å². The van der Waals surface area contributed by atoms with Crippen molar-refractivity contribution in [1.29, 1.82) is 0 Å². The Morgan fingerprint density at radius 3 is 2.59 bits per heavy atom. The first-order valence-electron chi connectivity index (χ1n) is 9.30. The summed E-state index contributed by atoms with van der Waals surface area (Å²) in [5, 5.41) is 6.13. The second-order valence-corrected chi connectivity index (χ2v) is 7.84. The Hall–Kier alpha value is -2.61. The van der Waals surface area contributed by atoms with Gasteiger partial charge in [-0.25, -0.2) is 9.78 Å². The van der Waals surface area contributed by atoms with Gasteiger partial charge in [-0.15, -0.1) is 11.3 Å². The van der Waals surface area contributed by atoms with Crippen molar-refractivity contribution >= 4 is 34.1 Å². The summed E-state index contributed by atoms with van der Waals surface area (Å²) in [6.45, 7) is 2.81. The summed E-state index contributed by atoms with van der Waals surface area (Å²) in [4.78, 5) is 34.1. The zero-order valence-corrected chi connectivity index (χ0v) is 15.9. The van der Waals surface area contributed by atoms with Crippen LogP contribution in [0.25, 0.3) is 0 Å². The number of aryl methyl sites for hydroxylation is 2. The summed E-state index contributed by atoms with van der Waals surface area (Å²) < 4.78 is 0. The average Bonchev–Trinajstić information content (AvgIpc) is 3.28. The summed E-state index contributed by atoms with van der Waals surface area (Å²) in [5.41, 5.74) is 2.28. The van der Waals surface area contributed by atoms with Crippen LogP contribution in [0.4, 0.5) is 15.6 Å². The number of fused-ring (bicyclic) bond motifs is 1. The minimum absolute atomic E-state index is 0.0397. The fraction of sp³-hybridized carbons (Fsp3) is 0.421. The van der Waals surface area contributed by atoms with Crippen LogP contribution in [-0.4, -0.2) is 54.5 Å². The number of hydrogen-bond acceptors (Lipinski definition) is 5. The smallest absolute Gasteiger partial charge is 0.317 e. The molecule has 1 aromatic carbocycles. The van der Waals surface area contributed by atoms with Crippen molar-refractivity contribution in [2.24, 2.45) is 0 Å². The number of anilines is 2. The molecule has 142 valence electrons. The Bertz CT molecular complexity index is 793. The van der Waals surface area contributed by atoms with E-state index in [2.05, 4.69) is 32.7 Å². The lowest BCUT2D eigenvalue weighted by atomic mass is 10.2. The Morgan fingerprint density at radius 2 is 1.85 bits per heavy atom. The normalized spacial score (nSPS) is 16.1. The van der Waals surface area contributed by atoms with Crippen LogP contribution < -0.4 is 15.5 Å². The molecule has 0 saturated carbocycles. The highest BCUT2D eigenvalue weighted by molar-refractivity contribution is 7.15. The van der Waals surface area contributed by atoms with Gasteiger partial charge in [0.25, 0.3) is 0 Å². The number of rotatable bonds is 4. The molecule has 8 heteroatoms. The first-order chi connectivity index (χ1) is 13.2. The van der Waals surface area contributed by atoms with Gasteiger partial charge in [0.1, 0.15) is 0 Å². The minimum Gasteiger partial charge on any atom is -0.368 e. The standard InChI is InChI=1S/C19H23N5O2S/c25-17(22-18-21-15-7-4-8-16(15)27-18)13-20-19(26)24-11-9-23(10-12-24)14-5-2-1-3-6-14/h1-3,5-6H,4,7-13H2,(H,20,26)(H,21,22,25). The molecule has 1 aliphatic carbocycles. The van der Waals surface area contributed by atoms with Crippen LogP contribution >= 0.6 is 11.3 Å². The Kier molecular flexibility index (Phi) is 5.24. The van der Waals surface area contributed by atoms with Crippen molar-refractivity contribution in [3.8, 4) is 0 Å². The zero-order valence-electron chi connectivity index (χ0n) is 15.1. The molecular weight excluding hydrogens is 362 g/mol. The van der Waals surface area contributed by atoms with Gasteiger partial charge in [0.2, 0.25) is 5.91 Å². The number of amides is 3. The van der Waals surface area contributed by atoms with Gasteiger partial charge < -0.3 is 20.4 Å². The van der Waals surface area contributed by atoms with Crippen LogP contribution in [-0.2, 0) is 17.6 Å². The number of benzene rings is 1. The zero-order chi connectivity index (χ0) is 18.6. The lowest BCUT2D eigenvalue weighted by Gasteiger charge is -2.36. The molecule has 1 fully saturated rings. The first-order valence-corrected chi connectivity index (χ1v) is 10.1. The van der Waals surface area contributed by atoms with Crippen molar-refractivity contribution in [3.05, 3.63) is 40.9 Å². The number of carbonyl (C=O) groups is 2. The highest BCUT2D eigenvalue weighted by Crippen LogP contribution is 2.30. The molecule has 1 aromatic heterocycles. The average molecular weight is 385 g/mol. The molecule has 27 heavy (non-hydrogen) atoms. The summed E-state index contributed by atoms with van der Waals surface area (Å²) in [5.74, 6) is -0.237. The predicted octanol–water partition coefficient (Wildman–Crippen LogP) is 2.10. The van der Waals surface area contributed by atoms with Gasteiger partial charge in [-0.2, -0.15) is 0 Å². The highest BCUT2D eigenvalue weighted by Gasteiger charge is 2.22. The van der Waals surface area contributed by atoms with Crippen LogP contribution in [0.2, 0.25) is 0 Å². The van der Waals surface area contributed by atoms with E-state index in [9.17, 15) is 9.59 Å². The van der Waals surface area contributed by atoms with Crippen molar-refractivity contribution < 1.29 is 9.59 Å². The van der Waals surface area contributed by atoms with Gasteiger partial charge in [0.05, 0.1) is 12.2 Å². The number of hydrogen-bond donors (Lipinski definition) is 2. The van der Waals surface area contributed by atoms with E-state index < -0.39 is 0 Å². The van der Waals surface area contributed by atoms with E-state index in [0.717, 1.165) is 38.0 Å². The topological polar surface area (TPSA) is 77.6 Å². The molecule has 0 unspecified atom stereocenters. The van der Waals surface area contributed by atoms with Crippen LogP contribution in [0, 0.1) is 0 Å². The molecule has 0 atom stereocenters. The SMILES string of the molecule is O=C(CNC(=O)N1CCN(c2ccccc2)CC1)Nc1nc2c(s1)CCC2. The van der Waals surface area contributed by atoms with Crippen LogP contribution in [0.15, 0.2) is 30.3 Å². The quantitative estimate of drug-likeness (QED) is 0.845. The van der Waals surface area contributed by atoms with Gasteiger partial charge in [-0.1, -0.05) is 18.2 Å². The largest absolute Gasteiger partial charge is 0.368 e. The molecule has 0 bridgehead atoms. The fourth-order valence-electron chi connectivity index (χ4n) is 3.48. The number of urea groups is 1. The Labute approximate surface area is 162 Å². The van der Waals surface area contributed by atoms with Crippen molar-refractivity contribution in [3.63, 3.8) is 0 Å². The number of para-hydroxylation sites is 1. The molecule has 2 aliphatic rings. The lowest BCUT2D eigenvalue weighted by Crippen LogP contribution is -2.52. The van der Waals surface area contributed by atoms with Crippen molar-refractivity contribution in [2.75, 3.05) is 42.9 Å². The molecule has 1 aliphatic heterocycles. The minimum atomic E-state index is -0.237. The summed E-state index contributed by atoms with van der Waals surface area (Å²) in [6, 6.07) is 9.99. The third-order valence-corrected chi connectivity index (χ3v) is 6.00. The van der Waals surface area contributed by atoms with E-state index in [0.29, 0.717) is 18.2 Å². The Morgan fingerprint density at radius 1 is 1.07 bits per heavy atom. The van der Waals surface area contributed by atoms with Crippen LogP contribution in [0.3, 0.4) is 0 Å². The van der Waals surface area contributed by atoms with E-state index in [4.69, 9.17) is 0 Å². The maximum atomic E-state index is 12.3. The number of thiazole rings is 1. The monoisotopic (exact) mass is 385 g/mol. The molecule has 7 nitrogen and oxygen atoms in total. The van der Waals surface area contributed by atoms with Crippen molar-refractivity contribution in [1.82, 2.24) is 15.2 Å².